The molecule has 0 saturated heterocycles. The van der Waals surface area contributed by atoms with Crippen LogP contribution in [0.3, 0.4) is 0 Å². The summed E-state index contributed by atoms with van der Waals surface area (Å²) in [5, 5.41) is 9.70. The molecule has 2 nitrogen and oxygen atoms in total. The predicted octanol–water partition coefficient (Wildman–Crippen LogP) is 4.48. The van der Waals surface area contributed by atoms with Crippen LogP contribution in [0.1, 0.15) is 73.1 Å². The first-order valence-corrected chi connectivity index (χ1v) is 7.02. The second-order valence-corrected chi connectivity index (χ2v) is 6.50. The Kier molecular flexibility index (Phi) is 3.95. The minimum atomic E-state index is -0.568. The van der Waals surface area contributed by atoms with Crippen LogP contribution in [0.5, 0.6) is 0 Å². The van der Waals surface area contributed by atoms with E-state index < -0.39 is 11.4 Å². The smallest absolute Gasteiger partial charge is 0.310 e. The van der Waals surface area contributed by atoms with Gasteiger partial charge in [0, 0.05) is 0 Å². The molecule has 1 saturated carbocycles. The zero-order chi connectivity index (χ0) is 13.3. The molecule has 100 valence electrons. The molecule has 0 spiro atoms. The van der Waals surface area contributed by atoms with Crippen molar-refractivity contribution in [3.8, 4) is 0 Å². The largest absolute Gasteiger partial charge is 0.481 e. The summed E-state index contributed by atoms with van der Waals surface area (Å²) < 4.78 is 0. The van der Waals surface area contributed by atoms with E-state index in [9.17, 15) is 9.90 Å². The highest BCUT2D eigenvalue weighted by molar-refractivity contribution is 5.77. The molecule has 1 N–H and O–H groups in total. The van der Waals surface area contributed by atoms with E-state index in [-0.39, 0.29) is 10.8 Å². The third-order valence-corrected chi connectivity index (χ3v) is 5.88. The van der Waals surface area contributed by atoms with Crippen LogP contribution in [0.25, 0.3) is 0 Å². The van der Waals surface area contributed by atoms with E-state index in [4.69, 9.17) is 0 Å². The van der Waals surface area contributed by atoms with Gasteiger partial charge in [0.15, 0.2) is 0 Å². The molecule has 2 heteroatoms. The van der Waals surface area contributed by atoms with Crippen molar-refractivity contribution in [1.82, 2.24) is 0 Å². The summed E-state index contributed by atoms with van der Waals surface area (Å²) in [5.41, 5.74) is -0.289. The maximum atomic E-state index is 11.8. The Balaban J connectivity index is 3.00. The van der Waals surface area contributed by atoms with Crippen LogP contribution in [0.15, 0.2) is 0 Å². The van der Waals surface area contributed by atoms with E-state index in [0.717, 1.165) is 38.5 Å². The summed E-state index contributed by atoms with van der Waals surface area (Å²) in [6.45, 7) is 10.9. The highest BCUT2D eigenvalue weighted by Gasteiger charge is 2.61. The molecule has 0 radical (unpaired) electrons. The van der Waals surface area contributed by atoms with Gasteiger partial charge in [-0.25, -0.2) is 0 Å². The molecule has 17 heavy (non-hydrogen) atoms. The fourth-order valence-electron chi connectivity index (χ4n) is 3.34. The Morgan fingerprint density at radius 1 is 1.24 bits per heavy atom. The van der Waals surface area contributed by atoms with E-state index >= 15 is 0 Å². The average Bonchev–Trinajstić information content (AvgIpc) is 2.32. The lowest BCUT2D eigenvalue weighted by Gasteiger charge is -2.57. The van der Waals surface area contributed by atoms with E-state index in [2.05, 4.69) is 34.6 Å². The monoisotopic (exact) mass is 240 g/mol. The highest BCUT2D eigenvalue weighted by Crippen LogP contribution is 2.63. The van der Waals surface area contributed by atoms with Gasteiger partial charge in [-0.05, 0) is 36.5 Å². The van der Waals surface area contributed by atoms with Gasteiger partial charge in [-0.15, -0.1) is 0 Å². The third-order valence-electron chi connectivity index (χ3n) is 5.88. The van der Waals surface area contributed by atoms with Crippen LogP contribution >= 0.6 is 0 Å². The van der Waals surface area contributed by atoms with E-state index in [1.807, 2.05) is 0 Å². The number of carboxylic acids is 1. The normalized spacial score (nSPS) is 33.2. The van der Waals surface area contributed by atoms with Gasteiger partial charge in [0.1, 0.15) is 0 Å². The second-order valence-electron chi connectivity index (χ2n) is 6.50. The number of carboxylic acid groups (broad SMARTS) is 1. The van der Waals surface area contributed by atoms with Gasteiger partial charge in [-0.1, -0.05) is 47.5 Å². The Hall–Kier alpha value is -0.530. The van der Waals surface area contributed by atoms with Crippen molar-refractivity contribution in [3.05, 3.63) is 0 Å². The van der Waals surface area contributed by atoms with Gasteiger partial charge in [0.2, 0.25) is 0 Å². The summed E-state index contributed by atoms with van der Waals surface area (Å²) in [4.78, 5) is 11.8. The van der Waals surface area contributed by atoms with E-state index in [0.29, 0.717) is 0 Å². The summed E-state index contributed by atoms with van der Waals surface area (Å²) >= 11 is 0. The lowest BCUT2D eigenvalue weighted by molar-refractivity contribution is -0.181. The summed E-state index contributed by atoms with van der Waals surface area (Å²) in [7, 11) is 0. The molecule has 1 aliphatic rings. The van der Waals surface area contributed by atoms with Crippen LogP contribution < -0.4 is 0 Å². The quantitative estimate of drug-likeness (QED) is 0.743. The third kappa shape index (κ3) is 2.11. The lowest BCUT2D eigenvalue weighted by atomic mass is 9.45. The van der Waals surface area contributed by atoms with Crippen molar-refractivity contribution in [2.24, 2.45) is 16.2 Å². The van der Waals surface area contributed by atoms with Crippen LogP contribution in [-0.4, -0.2) is 11.1 Å². The number of aliphatic carboxylic acids is 1. The van der Waals surface area contributed by atoms with Crippen molar-refractivity contribution in [2.75, 3.05) is 0 Å². The van der Waals surface area contributed by atoms with Gasteiger partial charge in [-0.2, -0.15) is 0 Å². The molecular weight excluding hydrogens is 212 g/mol. The van der Waals surface area contributed by atoms with Crippen molar-refractivity contribution in [3.63, 3.8) is 0 Å². The molecule has 2 atom stereocenters. The second kappa shape index (κ2) is 4.62. The van der Waals surface area contributed by atoms with E-state index in [1.54, 1.807) is 0 Å². The lowest BCUT2D eigenvalue weighted by Crippen LogP contribution is -2.56. The van der Waals surface area contributed by atoms with Crippen LogP contribution in [-0.2, 0) is 4.79 Å². The van der Waals surface area contributed by atoms with Gasteiger partial charge in [0.25, 0.3) is 0 Å². The van der Waals surface area contributed by atoms with Crippen molar-refractivity contribution in [2.45, 2.75) is 73.1 Å². The molecule has 0 heterocycles. The molecule has 1 rings (SSSR count). The number of carbonyl (C=O) groups is 1. The summed E-state index contributed by atoms with van der Waals surface area (Å²) in [5.74, 6) is -0.568. The molecule has 1 aliphatic carbocycles. The first-order chi connectivity index (χ1) is 7.79. The van der Waals surface area contributed by atoms with E-state index in [1.165, 1.54) is 0 Å². The SMILES string of the molecule is CCC(C)(CC)CC1(C(=O)O)CCC1(C)CC. The van der Waals surface area contributed by atoms with Gasteiger partial charge in [-0.3, -0.25) is 4.79 Å². The van der Waals surface area contributed by atoms with Crippen molar-refractivity contribution >= 4 is 5.97 Å². The number of hydrogen-bond acceptors (Lipinski definition) is 1. The standard InChI is InChI=1S/C15H28O2/c1-6-13(4,7-2)11-15(12(16)17)10-9-14(15,5)8-3/h6-11H2,1-5H3,(H,16,17). The molecule has 1 fully saturated rings. The first-order valence-electron chi connectivity index (χ1n) is 7.02. The Bertz CT molecular complexity index is 289. The van der Waals surface area contributed by atoms with Gasteiger partial charge < -0.3 is 5.11 Å². The Morgan fingerprint density at radius 3 is 2.00 bits per heavy atom. The fourth-order valence-corrected chi connectivity index (χ4v) is 3.34. The maximum absolute atomic E-state index is 11.8. The summed E-state index contributed by atoms with van der Waals surface area (Å²) in [6.07, 6.45) is 5.88. The average molecular weight is 240 g/mol. The fraction of sp³-hybridized carbons (Fsp3) is 0.933. The van der Waals surface area contributed by atoms with Crippen LogP contribution in [0.4, 0.5) is 0 Å². The number of rotatable bonds is 6. The van der Waals surface area contributed by atoms with Crippen LogP contribution in [0.2, 0.25) is 0 Å². The predicted molar refractivity (Wildman–Crippen MR) is 71.0 cm³/mol. The molecule has 0 amide bonds. The van der Waals surface area contributed by atoms with Crippen molar-refractivity contribution in [1.29, 1.82) is 0 Å². The molecule has 0 aromatic carbocycles. The molecule has 0 aliphatic heterocycles. The minimum absolute atomic E-state index is 0.00440. The first kappa shape index (κ1) is 14.5. The molecule has 0 aromatic rings. The highest BCUT2D eigenvalue weighted by atomic mass is 16.4. The minimum Gasteiger partial charge on any atom is -0.481 e. The van der Waals surface area contributed by atoms with Gasteiger partial charge in [0.05, 0.1) is 5.41 Å². The topological polar surface area (TPSA) is 37.3 Å². The summed E-state index contributed by atoms with van der Waals surface area (Å²) in [6, 6.07) is 0. The Labute approximate surface area is 106 Å². The van der Waals surface area contributed by atoms with Gasteiger partial charge >= 0.3 is 5.97 Å². The van der Waals surface area contributed by atoms with Crippen molar-refractivity contribution < 1.29 is 9.90 Å². The zero-order valence-electron chi connectivity index (χ0n) is 12.1. The molecule has 0 aromatic heterocycles. The molecule has 0 bridgehead atoms. The Morgan fingerprint density at radius 2 is 1.76 bits per heavy atom. The molecular formula is C15H28O2. The zero-order valence-corrected chi connectivity index (χ0v) is 12.1. The maximum Gasteiger partial charge on any atom is 0.310 e. The number of hydrogen-bond donors (Lipinski definition) is 1. The van der Waals surface area contributed by atoms with Crippen LogP contribution in [0, 0.1) is 16.2 Å². The molecule has 2 unspecified atom stereocenters.